The van der Waals surface area contributed by atoms with Crippen molar-refractivity contribution in [3.05, 3.63) is 59.7 Å². The number of amides is 1. The Labute approximate surface area is 168 Å². The number of anilines is 1. The fourth-order valence-corrected chi connectivity index (χ4v) is 5.25. The molecule has 28 heavy (non-hydrogen) atoms. The molecule has 0 atom stereocenters. The number of carbonyl (C=O) groups is 1. The van der Waals surface area contributed by atoms with Gasteiger partial charge in [-0.25, -0.2) is 8.42 Å². The molecule has 2 aromatic rings. The molecule has 0 saturated carbocycles. The van der Waals surface area contributed by atoms with Crippen LogP contribution in [0.3, 0.4) is 0 Å². The van der Waals surface area contributed by atoms with Crippen LogP contribution in [0.1, 0.15) is 37.8 Å². The molecular formula is C22H28N2O3S. The zero-order chi connectivity index (χ0) is 20.1. The van der Waals surface area contributed by atoms with Crippen molar-refractivity contribution in [2.45, 2.75) is 44.4 Å². The van der Waals surface area contributed by atoms with E-state index in [9.17, 15) is 13.2 Å². The van der Waals surface area contributed by atoms with Crippen LogP contribution in [0.5, 0.6) is 0 Å². The molecule has 0 N–H and O–H groups in total. The van der Waals surface area contributed by atoms with Gasteiger partial charge < -0.3 is 4.90 Å². The summed E-state index contributed by atoms with van der Waals surface area (Å²) in [6.45, 7) is 5.25. The maximum atomic E-state index is 12.8. The number of benzene rings is 2. The van der Waals surface area contributed by atoms with Crippen molar-refractivity contribution in [1.82, 2.24) is 4.31 Å². The Kier molecular flexibility index (Phi) is 6.52. The molecule has 1 aliphatic heterocycles. The van der Waals surface area contributed by atoms with Gasteiger partial charge in [0, 0.05) is 31.7 Å². The van der Waals surface area contributed by atoms with Crippen LogP contribution in [0.15, 0.2) is 53.4 Å². The molecule has 0 unspecified atom stereocenters. The van der Waals surface area contributed by atoms with E-state index in [0.717, 1.165) is 29.7 Å². The minimum atomic E-state index is -3.49. The molecule has 1 amide bonds. The summed E-state index contributed by atoms with van der Waals surface area (Å²) < 4.78 is 27.1. The van der Waals surface area contributed by atoms with Crippen LogP contribution in [-0.2, 0) is 27.7 Å². The third kappa shape index (κ3) is 4.28. The predicted molar refractivity (Wildman–Crippen MR) is 112 cm³/mol. The number of carbonyl (C=O) groups excluding carboxylic acids is 1. The fourth-order valence-electron chi connectivity index (χ4n) is 3.74. The Bertz CT molecular complexity index is 922. The van der Waals surface area contributed by atoms with Crippen molar-refractivity contribution in [2.24, 2.45) is 0 Å². The number of aryl methyl sites for hydroxylation is 2. The van der Waals surface area contributed by atoms with Gasteiger partial charge in [-0.15, -0.1) is 0 Å². The SMILES string of the molecule is CCN(CC)S(=O)(=O)c1ccc2c(c1)CCCN2C(=O)CCc1ccccc1. The lowest BCUT2D eigenvalue weighted by atomic mass is 10.0. The average molecular weight is 401 g/mol. The Hall–Kier alpha value is -2.18. The molecule has 0 fully saturated rings. The van der Waals surface area contributed by atoms with Gasteiger partial charge in [0.25, 0.3) is 0 Å². The highest BCUT2D eigenvalue weighted by Gasteiger charge is 2.26. The van der Waals surface area contributed by atoms with Gasteiger partial charge in [0.15, 0.2) is 0 Å². The van der Waals surface area contributed by atoms with Crippen molar-refractivity contribution in [3.8, 4) is 0 Å². The molecule has 0 bridgehead atoms. The number of hydrogen-bond donors (Lipinski definition) is 0. The molecule has 1 heterocycles. The van der Waals surface area contributed by atoms with Crippen LogP contribution in [0, 0.1) is 0 Å². The quantitative estimate of drug-likeness (QED) is 0.713. The lowest BCUT2D eigenvalue weighted by molar-refractivity contribution is -0.118. The van der Waals surface area contributed by atoms with E-state index in [2.05, 4.69) is 0 Å². The van der Waals surface area contributed by atoms with Gasteiger partial charge in [-0.3, -0.25) is 4.79 Å². The second-order valence-corrected chi connectivity index (χ2v) is 8.95. The average Bonchev–Trinajstić information content (AvgIpc) is 2.72. The topological polar surface area (TPSA) is 57.7 Å². The third-order valence-corrected chi connectivity index (χ3v) is 7.33. The summed E-state index contributed by atoms with van der Waals surface area (Å²) in [6, 6.07) is 15.2. The first-order valence-corrected chi connectivity index (χ1v) is 11.4. The highest BCUT2D eigenvalue weighted by Crippen LogP contribution is 2.31. The fraction of sp³-hybridized carbons (Fsp3) is 0.409. The summed E-state index contributed by atoms with van der Waals surface area (Å²) >= 11 is 0. The van der Waals surface area contributed by atoms with E-state index in [1.165, 1.54) is 4.31 Å². The van der Waals surface area contributed by atoms with Crippen LogP contribution in [-0.4, -0.2) is 38.3 Å². The van der Waals surface area contributed by atoms with E-state index in [1.807, 2.05) is 49.1 Å². The molecule has 0 saturated heterocycles. The molecule has 2 aromatic carbocycles. The first kappa shape index (κ1) is 20.6. The summed E-state index contributed by atoms with van der Waals surface area (Å²) in [5.41, 5.74) is 2.93. The van der Waals surface area contributed by atoms with Crippen LogP contribution in [0.25, 0.3) is 0 Å². The van der Waals surface area contributed by atoms with Gasteiger partial charge in [-0.1, -0.05) is 44.2 Å². The number of sulfonamides is 1. The van der Waals surface area contributed by atoms with Crippen molar-refractivity contribution >= 4 is 21.6 Å². The monoisotopic (exact) mass is 400 g/mol. The lowest BCUT2D eigenvalue weighted by Gasteiger charge is -2.30. The molecule has 150 valence electrons. The largest absolute Gasteiger partial charge is 0.312 e. The highest BCUT2D eigenvalue weighted by atomic mass is 32.2. The molecule has 0 radical (unpaired) electrons. The molecule has 1 aliphatic rings. The van der Waals surface area contributed by atoms with Crippen molar-refractivity contribution in [3.63, 3.8) is 0 Å². The molecule has 0 spiro atoms. The van der Waals surface area contributed by atoms with E-state index in [4.69, 9.17) is 0 Å². The van der Waals surface area contributed by atoms with Gasteiger partial charge in [0.2, 0.25) is 15.9 Å². The van der Waals surface area contributed by atoms with Gasteiger partial charge in [-0.05, 0) is 48.6 Å². The minimum absolute atomic E-state index is 0.0872. The Morgan fingerprint density at radius 1 is 1.07 bits per heavy atom. The maximum absolute atomic E-state index is 12.8. The van der Waals surface area contributed by atoms with Gasteiger partial charge in [0.05, 0.1) is 4.90 Å². The Morgan fingerprint density at radius 2 is 1.79 bits per heavy atom. The van der Waals surface area contributed by atoms with Crippen LogP contribution in [0.4, 0.5) is 5.69 Å². The zero-order valence-corrected chi connectivity index (χ0v) is 17.4. The van der Waals surface area contributed by atoms with E-state index in [-0.39, 0.29) is 5.91 Å². The van der Waals surface area contributed by atoms with E-state index < -0.39 is 10.0 Å². The van der Waals surface area contributed by atoms with Gasteiger partial charge in [-0.2, -0.15) is 4.31 Å². The molecule has 6 heteroatoms. The number of fused-ring (bicyclic) bond motifs is 1. The second kappa shape index (κ2) is 8.88. The summed E-state index contributed by atoms with van der Waals surface area (Å²) in [7, 11) is -3.49. The molecule has 3 rings (SSSR count). The summed E-state index contributed by atoms with van der Waals surface area (Å²) in [5, 5.41) is 0. The van der Waals surface area contributed by atoms with Crippen LogP contribution in [0.2, 0.25) is 0 Å². The third-order valence-electron chi connectivity index (χ3n) is 5.28. The second-order valence-electron chi connectivity index (χ2n) is 7.01. The molecule has 5 nitrogen and oxygen atoms in total. The highest BCUT2D eigenvalue weighted by molar-refractivity contribution is 7.89. The van der Waals surface area contributed by atoms with Gasteiger partial charge in [0.1, 0.15) is 0 Å². The van der Waals surface area contributed by atoms with Crippen molar-refractivity contribution in [1.29, 1.82) is 0 Å². The van der Waals surface area contributed by atoms with Crippen LogP contribution < -0.4 is 4.90 Å². The molecule has 0 aliphatic carbocycles. The molecule has 0 aromatic heterocycles. The summed E-state index contributed by atoms with van der Waals surface area (Å²) in [5.74, 6) is 0.0872. The standard InChI is InChI=1S/C22H28N2O3S/c1-3-23(4-2)28(26,27)20-13-14-21-19(17-20)11-8-16-24(21)22(25)15-12-18-9-6-5-7-10-18/h5-7,9-10,13-14,17H,3-4,8,11-12,15-16H2,1-2H3. The molecular weight excluding hydrogens is 372 g/mol. The van der Waals surface area contributed by atoms with E-state index in [1.54, 1.807) is 18.2 Å². The summed E-state index contributed by atoms with van der Waals surface area (Å²) in [4.78, 5) is 14.9. The maximum Gasteiger partial charge on any atom is 0.243 e. The van der Waals surface area contributed by atoms with Gasteiger partial charge >= 0.3 is 0 Å². The lowest BCUT2D eigenvalue weighted by Crippen LogP contribution is -2.36. The number of hydrogen-bond acceptors (Lipinski definition) is 3. The Morgan fingerprint density at radius 3 is 2.46 bits per heavy atom. The number of nitrogens with zero attached hydrogens (tertiary/aromatic N) is 2. The Balaban J connectivity index is 1.80. The first-order valence-electron chi connectivity index (χ1n) is 9.94. The number of rotatable bonds is 7. The zero-order valence-electron chi connectivity index (χ0n) is 16.6. The van der Waals surface area contributed by atoms with Crippen molar-refractivity contribution in [2.75, 3.05) is 24.5 Å². The smallest absolute Gasteiger partial charge is 0.243 e. The van der Waals surface area contributed by atoms with Crippen LogP contribution >= 0.6 is 0 Å². The van der Waals surface area contributed by atoms with E-state index >= 15 is 0 Å². The van der Waals surface area contributed by atoms with E-state index in [0.29, 0.717) is 37.4 Å². The normalized spacial score (nSPS) is 14.2. The predicted octanol–water partition coefficient (Wildman–Crippen LogP) is 3.63. The minimum Gasteiger partial charge on any atom is -0.312 e. The first-order chi connectivity index (χ1) is 13.5. The summed E-state index contributed by atoms with van der Waals surface area (Å²) in [6.07, 6.45) is 2.79. The van der Waals surface area contributed by atoms with Crippen molar-refractivity contribution < 1.29 is 13.2 Å².